The van der Waals surface area contributed by atoms with E-state index in [1.54, 1.807) is 6.08 Å². The smallest absolute Gasteiger partial charge is 0.114 e. The Morgan fingerprint density at radius 2 is 2.19 bits per heavy atom. The predicted molar refractivity (Wildman–Crippen MR) is 68.7 cm³/mol. The van der Waals surface area contributed by atoms with Gasteiger partial charge in [-0.05, 0) is 12.1 Å². The standard InChI is InChI=1S/C12H9N3S/c13-6-8(12(14)16)5-9-7-15-11-4-2-1-3-10(9)11/h1-5,7,15H,(H2,14,16)/b8-5-. The Hall–Kier alpha value is -2.12. The van der Waals surface area contributed by atoms with E-state index >= 15 is 0 Å². The Kier molecular flexibility index (Phi) is 2.71. The molecule has 0 amide bonds. The molecule has 4 heteroatoms. The summed E-state index contributed by atoms with van der Waals surface area (Å²) < 4.78 is 0. The molecule has 3 nitrogen and oxygen atoms in total. The molecule has 0 bridgehead atoms. The molecule has 0 radical (unpaired) electrons. The van der Waals surface area contributed by atoms with Crippen LogP contribution in [0.4, 0.5) is 0 Å². The Balaban J connectivity index is 2.57. The van der Waals surface area contributed by atoms with Crippen molar-refractivity contribution >= 4 is 34.2 Å². The van der Waals surface area contributed by atoms with Crippen molar-refractivity contribution in [3.8, 4) is 6.07 Å². The molecule has 0 aliphatic rings. The second-order valence-electron chi connectivity index (χ2n) is 3.32. The minimum absolute atomic E-state index is 0.118. The van der Waals surface area contributed by atoms with E-state index in [2.05, 4.69) is 4.98 Å². The molecular formula is C12H9N3S. The molecule has 0 unspecified atom stereocenters. The van der Waals surface area contributed by atoms with Crippen LogP contribution >= 0.6 is 12.2 Å². The van der Waals surface area contributed by atoms with E-state index in [0.717, 1.165) is 16.5 Å². The third-order valence-corrected chi connectivity index (χ3v) is 2.53. The summed E-state index contributed by atoms with van der Waals surface area (Å²) in [4.78, 5) is 3.24. The van der Waals surface area contributed by atoms with Crippen LogP contribution in [0.25, 0.3) is 17.0 Å². The fraction of sp³-hybridized carbons (Fsp3) is 0. The number of rotatable bonds is 2. The highest BCUT2D eigenvalue weighted by atomic mass is 32.1. The molecule has 1 aromatic carbocycles. The number of fused-ring (bicyclic) bond motifs is 1. The van der Waals surface area contributed by atoms with Gasteiger partial charge in [0.2, 0.25) is 0 Å². The highest BCUT2D eigenvalue weighted by Crippen LogP contribution is 2.20. The minimum atomic E-state index is 0.118. The second kappa shape index (κ2) is 4.17. The van der Waals surface area contributed by atoms with E-state index in [9.17, 15) is 0 Å². The van der Waals surface area contributed by atoms with E-state index in [1.807, 2.05) is 36.5 Å². The molecule has 0 atom stereocenters. The number of H-pyrrole nitrogens is 1. The van der Waals surface area contributed by atoms with Crippen LogP contribution in [-0.4, -0.2) is 9.97 Å². The molecule has 2 aromatic rings. The molecule has 0 spiro atoms. The molecule has 1 heterocycles. The van der Waals surface area contributed by atoms with E-state index in [0.29, 0.717) is 5.57 Å². The summed E-state index contributed by atoms with van der Waals surface area (Å²) in [5.41, 5.74) is 7.70. The van der Waals surface area contributed by atoms with Gasteiger partial charge in [0.1, 0.15) is 11.1 Å². The van der Waals surface area contributed by atoms with E-state index in [4.69, 9.17) is 23.2 Å². The maximum absolute atomic E-state index is 8.87. The van der Waals surface area contributed by atoms with Crippen LogP contribution in [0.5, 0.6) is 0 Å². The summed E-state index contributed by atoms with van der Waals surface area (Å²) >= 11 is 4.79. The number of benzene rings is 1. The summed E-state index contributed by atoms with van der Waals surface area (Å²) in [6.45, 7) is 0. The largest absolute Gasteiger partial charge is 0.389 e. The maximum atomic E-state index is 8.87. The van der Waals surface area contributed by atoms with Crippen molar-refractivity contribution in [2.45, 2.75) is 0 Å². The molecule has 0 aliphatic carbocycles. The van der Waals surface area contributed by atoms with Gasteiger partial charge >= 0.3 is 0 Å². The van der Waals surface area contributed by atoms with Crippen LogP contribution < -0.4 is 5.73 Å². The lowest BCUT2D eigenvalue weighted by molar-refractivity contribution is 1.47. The number of nitrogens with one attached hydrogen (secondary N) is 1. The molecule has 0 saturated carbocycles. The van der Waals surface area contributed by atoms with Crippen molar-refractivity contribution in [2.24, 2.45) is 5.73 Å². The van der Waals surface area contributed by atoms with Gasteiger partial charge in [0.25, 0.3) is 0 Å². The lowest BCUT2D eigenvalue weighted by Crippen LogP contribution is -2.09. The van der Waals surface area contributed by atoms with Gasteiger partial charge in [0, 0.05) is 22.7 Å². The molecule has 0 fully saturated rings. The SMILES string of the molecule is N#C/C(=C/c1c[nH]c2ccccc12)C(N)=S. The van der Waals surface area contributed by atoms with E-state index in [-0.39, 0.29) is 4.99 Å². The number of nitriles is 1. The fourth-order valence-corrected chi connectivity index (χ4v) is 1.63. The van der Waals surface area contributed by atoms with Crippen LogP contribution in [0.15, 0.2) is 36.0 Å². The van der Waals surface area contributed by atoms with Gasteiger partial charge in [-0.25, -0.2) is 0 Å². The number of nitrogens with zero attached hydrogens (tertiary/aromatic N) is 1. The van der Waals surface area contributed by atoms with Crippen molar-refractivity contribution < 1.29 is 0 Å². The normalized spacial score (nSPS) is 11.3. The lowest BCUT2D eigenvalue weighted by Gasteiger charge is -1.94. The second-order valence-corrected chi connectivity index (χ2v) is 3.76. The van der Waals surface area contributed by atoms with E-state index < -0.39 is 0 Å². The minimum Gasteiger partial charge on any atom is -0.389 e. The van der Waals surface area contributed by atoms with Crippen LogP contribution in [-0.2, 0) is 0 Å². The molecule has 2 rings (SSSR count). The van der Waals surface area contributed by atoms with E-state index in [1.165, 1.54) is 0 Å². The van der Waals surface area contributed by atoms with Crippen LogP contribution in [0.2, 0.25) is 0 Å². The van der Waals surface area contributed by atoms with Crippen molar-refractivity contribution in [1.29, 1.82) is 5.26 Å². The summed E-state index contributed by atoms with van der Waals surface area (Å²) in [5, 5.41) is 9.92. The quantitative estimate of drug-likeness (QED) is 0.470. The number of hydrogen-bond donors (Lipinski definition) is 2. The number of thiocarbonyl (C=S) groups is 1. The zero-order valence-electron chi connectivity index (χ0n) is 8.40. The third kappa shape index (κ3) is 1.81. The van der Waals surface area contributed by atoms with Gasteiger partial charge in [-0.2, -0.15) is 5.26 Å². The van der Waals surface area contributed by atoms with Gasteiger partial charge in [-0.1, -0.05) is 30.4 Å². The average Bonchev–Trinajstić information content (AvgIpc) is 2.69. The van der Waals surface area contributed by atoms with Gasteiger partial charge in [0.15, 0.2) is 0 Å². The number of aromatic nitrogens is 1. The zero-order chi connectivity index (χ0) is 11.5. The predicted octanol–water partition coefficient (Wildman–Crippen LogP) is 2.36. The van der Waals surface area contributed by atoms with Crippen molar-refractivity contribution in [3.05, 3.63) is 41.6 Å². The Bertz CT molecular complexity index is 616. The Labute approximate surface area is 98.2 Å². The monoisotopic (exact) mass is 227 g/mol. The van der Waals surface area contributed by atoms with Gasteiger partial charge < -0.3 is 10.7 Å². The first-order valence-corrected chi connectivity index (χ1v) is 5.11. The Morgan fingerprint density at radius 1 is 1.44 bits per heavy atom. The molecule has 3 N–H and O–H groups in total. The maximum Gasteiger partial charge on any atom is 0.114 e. The first-order valence-electron chi connectivity index (χ1n) is 4.70. The molecule has 0 saturated heterocycles. The molecule has 16 heavy (non-hydrogen) atoms. The lowest BCUT2D eigenvalue weighted by atomic mass is 10.1. The topological polar surface area (TPSA) is 65.6 Å². The first-order chi connectivity index (χ1) is 7.72. The molecular weight excluding hydrogens is 218 g/mol. The van der Waals surface area contributed by atoms with Crippen molar-refractivity contribution in [1.82, 2.24) is 4.98 Å². The molecule has 1 aromatic heterocycles. The average molecular weight is 227 g/mol. The number of nitrogens with two attached hydrogens (primary N) is 1. The molecule has 78 valence electrons. The van der Waals surface area contributed by atoms with Crippen molar-refractivity contribution in [2.75, 3.05) is 0 Å². The van der Waals surface area contributed by atoms with Crippen LogP contribution in [0.3, 0.4) is 0 Å². The summed E-state index contributed by atoms with van der Waals surface area (Å²) in [7, 11) is 0. The van der Waals surface area contributed by atoms with Gasteiger partial charge in [-0.15, -0.1) is 0 Å². The Morgan fingerprint density at radius 3 is 2.88 bits per heavy atom. The number of para-hydroxylation sites is 1. The van der Waals surface area contributed by atoms with Gasteiger partial charge in [0.05, 0.1) is 5.57 Å². The third-order valence-electron chi connectivity index (χ3n) is 2.31. The number of aromatic amines is 1. The zero-order valence-corrected chi connectivity index (χ0v) is 9.21. The summed E-state index contributed by atoms with van der Waals surface area (Å²) in [6.07, 6.45) is 3.53. The summed E-state index contributed by atoms with van der Waals surface area (Å²) in [6, 6.07) is 9.83. The van der Waals surface area contributed by atoms with Gasteiger partial charge in [-0.3, -0.25) is 0 Å². The van der Waals surface area contributed by atoms with Crippen LogP contribution in [0, 0.1) is 11.3 Å². The summed E-state index contributed by atoms with van der Waals surface area (Å²) in [5.74, 6) is 0. The number of hydrogen-bond acceptors (Lipinski definition) is 2. The molecule has 0 aliphatic heterocycles. The van der Waals surface area contributed by atoms with Crippen molar-refractivity contribution in [3.63, 3.8) is 0 Å². The highest BCUT2D eigenvalue weighted by molar-refractivity contribution is 7.80. The fourth-order valence-electron chi connectivity index (χ4n) is 1.53. The van der Waals surface area contributed by atoms with Crippen LogP contribution in [0.1, 0.15) is 5.56 Å². The highest BCUT2D eigenvalue weighted by Gasteiger charge is 2.03. The first kappa shape index (κ1) is 10.4.